The Morgan fingerprint density at radius 1 is 1.14 bits per heavy atom. The average molecular weight is 295 g/mol. The fourth-order valence-corrected chi connectivity index (χ4v) is 2.15. The maximum absolute atomic E-state index is 12.2. The summed E-state index contributed by atoms with van der Waals surface area (Å²) in [5.74, 6) is -0.901. The van der Waals surface area contributed by atoms with Gasteiger partial charge in [-0.15, -0.1) is 0 Å². The van der Waals surface area contributed by atoms with E-state index in [1.54, 1.807) is 20.8 Å². The first-order chi connectivity index (χ1) is 9.88. The molecule has 1 N–H and O–H groups in total. The fourth-order valence-electron chi connectivity index (χ4n) is 2.15. The quantitative estimate of drug-likeness (QED) is 0.474. The summed E-state index contributed by atoms with van der Waals surface area (Å²) in [6.45, 7) is 7.01. The molecule has 0 fully saturated rings. The number of carbonyl (C=O) groups excluding carboxylic acids is 3. The van der Waals surface area contributed by atoms with Crippen LogP contribution in [0.5, 0.6) is 0 Å². The summed E-state index contributed by atoms with van der Waals surface area (Å²) < 4.78 is 9.73. The molecule has 0 aliphatic heterocycles. The molecule has 6 heteroatoms. The Labute approximate surface area is 123 Å². The molecular weight excluding hydrogens is 274 g/mol. The van der Waals surface area contributed by atoms with Crippen LogP contribution in [0.1, 0.15) is 58.8 Å². The second-order valence-electron chi connectivity index (χ2n) is 4.71. The van der Waals surface area contributed by atoms with Crippen LogP contribution in [0, 0.1) is 13.8 Å². The van der Waals surface area contributed by atoms with Crippen LogP contribution in [-0.2, 0) is 14.3 Å². The van der Waals surface area contributed by atoms with Gasteiger partial charge in [-0.2, -0.15) is 0 Å². The van der Waals surface area contributed by atoms with Crippen molar-refractivity contribution in [3.05, 3.63) is 22.5 Å². The van der Waals surface area contributed by atoms with E-state index in [0.717, 1.165) is 0 Å². The standard InChI is InChI=1S/C15H21NO5/c1-5-20-15(19)14-9(2)13(10(3)16-14)12(18)7-6-8-21-11(4)17/h16H,5-8H2,1-4H3. The van der Waals surface area contributed by atoms with Crippen molar-refractivity contribution in [1.82, 2.24) is 4.98 Å². The number of aromatic amines is 1. The van der Waals surface area contributed by atoms with E-state index < -0.39 is 5.97 Å². The van der Waals surface area contributed by atoms with Crippen LogP contribution in [0.4, 0.5) is 0 Å². The second kappa shape index (κ2) is 7.61. The van der Waals surface area contributed by atoms with Crippen molar-refractivity contribution in [3.8, 4) is 0 Å². The van der Waals surface area contributed by atoms with Gasteiger partial charge in [0.2, 0.25) is 0 Å². The number of hydrogen-bond acceptors (Lipinski definition) is 5. The van der Waals surface area contributed by atoms with Crippen LogP contribution in [0.25, 0.3) is 0 Å². The Kier molecular flexibility index (Phi) is 6.14. The van der Waals surface area contributed by atoms with Crippen molar-refractivity contribution in [2.24, 2.45) is 0 Å². The number of ether oxygens (including phenoxy) is 2. The number of hydrogen-bond donors (Lipinski definition) is 1. The molecule has 0 radical (unpaired) electrons. The molecule has 1 rings (SSSR count). The third kappa shape index (κ3) is 4.44. The molecule has 0 aliphatic rings. The van der Waals surface area contributed by atoms with Crippen molar-refractivity contribution in [3.63, 3.8) is 0 Å². The third-order valence-electron chi connectivity index (χ3n) is 3.05. The normalized spacial score (nSPS) is 10.3. The Morgan fingerprint density at radius 2 is 1.81 bits per heavy atom. The maximum Gasteiger partial charge on any atom is 0.355 e. The van der Waals surface area contributed by atoms with Gasteiger partial charge in [0.15, 0.2) is 5.78 Å². The molecule has 116 valence electrons. The van der Waals surface area contributed by atoms with Crippen LogP contribution in [0.3, 0.4) is 0 Å². The van der Waals surface area contributed by atoms with Crippen molar-refractivity contribution < 1.29 is 23.9 Å². The van der Waals surface area contributed by atoms with Gasteiger partial charge in [0.25, 0.3) is 0 Å². The van der Waals surface area contributed by atoms with Crippen LogP contribution < -0.4 is 0 Å². The molecule has 0 unspecified atom stereocenters. The van der Waals surface area contributed by atoms with E-state index >= 15 is 0 Å². The Morgan fingerprint density at radius 3 is 2.38 bits per heavy atom. The zero-order chi connectivity index (χ0) is 16.0. The molecule has 0 atom stereocenters. The van der Waals surface area contributed by atoms with Crippen LogP contribution >= 0.6 is 0 Å². The number of carbonyl (C=O) groups is 3. The number of ketones is 1. The van der Waals surface area contributed by atoms with Crippen molar-refractivity contribution in [2.45, 2.75) is 40.5 Å². The summed E-state index contributed by atoms with van der Waals surface area (Å²) in [5.41, 5.74) is 2.08. The van der Waals surface area contributed by atoms with Crippen molar-refractivity contribution >= 4 is 17.7 Å². The number of rotatable bonds is 7. The molecule has 6 nitrogen and oxygen atoms in total. The minimum atomic E-state index is -0.461. The molecule has 0 aromatic carbocycles. The summed E-state index contributed by atoms with van der Waals surface area (Å²) >= 11 is 0. The Hall–Kier alpha value is -2.11. The van der Waals surface area contributed by atoms with Gasteiger partial charge in [0.1, 0.15) is 5.69 Å². The van der Waals surface area contributed by atoms with E-state index in [0.29, 0.717) is 28.9 Å². The van der Waals surface area contributed by atoms with E-state index in [1.807, 2.05) is 0 Å². The van der Waals surface area contributed by atoms with E-state index in [9.17, 15) is 14.4 Å². The van der Waals surface area contributed by atoms with Crippen molar-refractivity contribution in [2.75, 3.05) is 13.2 Å². The van der Waals surface area contributed by atoms with E-state index in [1.165, 1.54) is 6.92 Å². The van der Waals surface area contributed by atoms with Crippen LogP contribution in [-0.4, -0.2) is 35.9 Å². The highest BCUT2D eigenvalue weighted by Gasteiger charge is 2.22. The number of aromatic nitrogens is 1. The molecule has 0 bridgehead atoms. The molecule has 0 saturated heterocycles. The Balaban J connectivity index is 2.76. The zero-order valence-corrected chi connectivity index (χ0v) is 12.9. The number of H-pyrrole nitrogens is 1. The smallest absolute Gasteiger partial charge is 0.355 e. The monoisotopic (exact) mass is 295 g/mol. The van der Waals surface area contributed by atoms with Gasteiger partial charge in [-0.1, -0.05) is 0 Å². The van der Waals surface area contributed by atoms with Crippen LogP contribution in [0.2, 0.25) is 0 Å². The van der Waals surface area contributed by atoms with Gasteiger partial charge in [-0.05, 0) is 32.8 Å². The van der Waals surface area contributed by atoms with Gasteiger partial charge < -0.3 is 14.5 Å². The lowest BCUT2D eigenvalue weighted by Crippen LogP contribution is -2.08. The highest BCUT2D eigenvalue weighted by Crippen LogP contribution is 2.21. The van der Waals surface area contributed by atoms with Gasteiger partial charge in [0.05, 0.1) is 13.2 Å². The molecule has 0 saturated carbocycles. The second-order valence-corrected chi connectivity index (χ2v) is 4.71. The summed E-state index contributed by atoms with van der Waals surface area (Å²) in [7, 11) is 0. The summed E-state index contributed by atoms with van der Waals surface area (Å²) in [5, 5.41) is 0. The van der Waals surface area contributed by atoms with E-state index in [-0.39, 0.29) is 31.4 Å². The lowest BCUT2D eigenvalue weighted by molar-refractivity contribution is -0.141. The highest BCUT2D eigenvalue weighted by atomic mass is 16.5. The lowest BCUT2D eigenvalue weighted by atomic mass is 10.0. The Bertz CT molecular complexity index is 545. The highest BCUT2D eigenvalue weighted by molar-refractivity contribution is 6.02. The predicted molar refractivity (Wildman–Crippen MR) is 76.4 cm³/mol. The molecule has 0 amide bonds. The molecule has 0 aliphatic carbocycles. The van der Waals surface area contributed by atoms with Crippen LogP contribution in [0.15, 0.2) is 0 Å². The van der Waals surface area contributed by atoms with Gasteiger partial charge >= 0.3 is 11.9 Å². The van der Waals surface area contributed by atoms with Gasteiger partial charge in [0, 0.05) is 24.6 Å². The number of esters is 2. The molecule has 1 aromatic rings. The third-order valence-corrected chi connectivity index (χ3v) is 3.05. The molecule has 1 heterocycles. The van der Waals surface area contributed by atoms with Crippen molar-refractivity contribution in [1.29, 1.82) is 0 Å². The van der Waals surface area contributed by atoms with E-state index in [2.05, 4.69) is 4.98 Å². The lowest BCUT2D eigenvalue weighted by Gasteiger charge is -2.04. The van der Waals surface area contributed by atoms with Gasteiger partial charge in [-0.3, -0.25) is 9.59 Å². The first-order valence-electron chi connectivity index (χ1n) is 6.91. The predicted octanol–water partition coefficient (Wildman–Crippen LogP) is 2.33. The summed E-state index contributed by atoms with van der Waals surface area (Å²) in [6, 6.07) is 0. The molecule has 0 spiro atoms. The molecule has 1 aromatic heterocycles. The summed E-state index contributed by atoms with van der Waals surface area (Å²) in [4.78, 5) is 37.5. The number of Topliss-reactive ketones (excluding diaryl/α,β-unsaturated/α-hetero) is 1. The number of aryl methyl sites for hydroxylation is 1. The topological polar surface area (TPSA) is 85.5 Å². The zero-order valence-electron chi connectivity index (χ0n) is 12.9. The minimum absolute atomic E-state index is 0.0797. The summed E-state index contributed by atoms with van der Waals surface area (Å²) in [6.07, 6.45) is 0.715. The first kappa shape index (κ1) is 16.9. The largest absolute Gasteiger partial charge is 0.466 e. The molecular formula is C15H21NO5. The maximum atomic E-state index is 12.2. The average Bonchev–Trinajstić information content (AvgIpc) is 2.70. The van der Waals surface area contributed by atoms with E-state index in [4.69, 9.17) is 9.47 Å². The van der Waals surface area contributed by atoms with Gasteiger partial charge in [-0.25, -0.2) is 4.79 Å². The first-order valence-corrected chi connectivity index (χ1v) is 6.91. The number of nitrogens with one attached hydrogen (secondary N) is 1. The molecule has 21 heavy (non-hydrogen) atoms. The minimum Gasteiger partial charge on any atom is -0.466 e. The SMILES string of the molecule is CCOC(=O)c1[nH]c(C)c(C(=O)CCCOC(C)=O)c1C. The fraction of sp³-hybridized carbons (Fsp3) is 0.533.